The number of carbonyl (C=O) groups excluding carboxylic acids is 1. The molecule has 2 atom stereocenters. The number of carboxylic acids is 2. The maximum atomic E-state index is 15.4. The van der Waals surface area contributed by atoms with Gasteiger partial charge in [-0.05, 0) is 6.92 Å². The standard InChI is InChI=1S/C20H19FN4O6/c1-9-8-31-18-15-10(17(26)11(19(27)28)5-25(9)15)4-12(21)16(18)24-3-2-23-6-13(20(29)30)22-14(23)7-24/h5-6,9-10H,2-4,7-8H2,1H3,(H,27,28)(H,29,30). The number of Topliss-reactive ketones (excluding diaryl/α,β-unsaturated/α-hetero) is 1. The average molecular weight is 430 g/mol. The average Bonchev–Trinajstić information content (AvgIpc) is 3.15. The summed E-state index contributed by atoms with van der Waals surface area (Å²) in [6.07, 6.45) is 2.51. The van der Waals surface area contributed by atoms with Gasteiger partial charge in [0, 0.05) is 31.9 Å². The van der Waals surface area contributed by atoms with Gasteiger partial charge >= 0.3 is 11.9 Å². The highest BCUT2D eigenvalue weighted by atomic mass is 19.1. The first-order chi connectivity index (χ1) is 14.8. The van der Waals surface area contributed by atoms with Gasteiger partial charge in [0.05, 0.1) is 24.2 Å². The van der Waals surface area contributed by atoms with Crippen LogP contribution in [-0.4, -0.2) is 66.5 Å². The summed E-state index contributed by atoms with van der Waals surface area (Å²) in [6.45, 7) is 3.04. The number of halogens is 1. The molecule has 0 aromatic carbocycles. The van der Waals surface area contributed by atoms with Crippen molar-refractivity contribution in [2.45, 2.75) is 32.5 Å². The van der Waals surface area contributed by atoms with Gasteiger partial charge in [-0.3, -0.25) is 4.79 Å². The lowest BCUT2D eigenvalue weighted by atomic mass is 9.82. The van der Waals surface area contributed by atoms with Crippen molar-refractivity contribution in [3.8, 4) is 0 Å². The summed E-state index contributed by atoms with van der Waals surface area (Å²) in [5.74, 6) is -3.89. The molecule has 0 spiro atoms. The van der Waals surface area contributed by atoms with Crippen LogP contribution in [0.15, 0.2) is 41.0 Å². The van der Waals surface area contributed by atoms with Crippen LogP contribution in [-0.2, 0) is 27.4 Å². The first-order valence-corrected chi connectivity index (χ1v) is 9.84. The van der Waals surface area contributed by atoms with E-state index in [1.54, 1.807) is 14.4 Å². The number of rotatable bonds is 3. The molecule has 0 fully saturated rings. The second-order valence-electron chi connectivity index (χ2n) is 7.97. The van der Waals surface area contributed by atoms with Crippen LogP contribution in [0.5, 0.6) is 0 Å². The molecule has 2 unspecified atom stereocenters. The molecule has 162 valence electrons. The summed E-state index contributed by atoms with van der Waals surface area (Å²) < 4.78 is 23.0. The number of allylic oxidation sites excluding steroid dienone is 2. The first kappa shape index (κ1) is 19.3. The predicted molar refractivity (Wildman–Crippen MR) is 101 cm³/mol. The highest BCUT2D eigenvalue weighted by Gasteiger charge is 2.47. The van der Waals surface area contributed by atoms with Crippen molar-refractivity contribution in [3.05, 3.63) is 52.5 Å². The third-order valence-electron chi connectivity index (χ3n) is 6.06. The molecular formula is C20H19FN4O6. The smallest absolute Gasteiger partial charge is 0.356 e. The van der Waals surface area contributed by atoms with E-state index in [9.17, 15) is 24.6 Å². The van der Waals surface area contributed by atoms with E-state index in [2.05, 4.69) is 4.98 Å². The van der Waals surface area contributed by atoms with Crippen LogP contribution in [0.2, 0.25) is 0 Å². The van der Waals surface area contributed by atoms with Gasteiger partial charge in [-0.2, -0.15) is 0 Å². The van der Waals surface area contributed by atoms with Crippen molar-refractivity contribution in [3.63, 3.8) is 0 Å². The fraction of sp³-hybridized carbons (Fsp3) is 0.400. The lowest BCUT2D eigenvalue weighted by molar-refractivity contribution is -0.136. The molecule has 2 N–H and O–H groups in total. The van der Waals surface area contributed by atoms with Gasteiger partial charge in [-0.1, -0.05) is 0 Å². The van der Waals surface area contributed by atoms with Crippen LogP contribution >= 0.6 is 0 Å². The summed E-state index contributed by atoms with van der Waals surface area (Å²) in [5.41, 5.74) is 0.258. The minimum atomic E-state index is -1.34. The number of hydrogen-bond acceptors (Lipinski definition) is 7. The monoisotopic (exact) mass is 430 g/mol. The van der Waals surface area contributed by atoms with Crippen molar-refractivity contribution in [1.82, 2.24) is 19.4 Å². The maximum absolute atomic E-state index is 15.4. The topological polar surface area (TPSA) is 125 Å². The fourth-order valence-corrected chi connectivity index (χ4v) is 4.56. The van der Waals surface area contributed by atoms with E-state index < -0.39 is 29.5 Å². The quantitative estimate of drug-likeness (QED) is 0.678. The number of nitrogens with zero attached hydrogens (tertiary/aromatic N) is 4. The summed E-state index contributed by atoms with van der Waals surface area (Å²) in [4.78, 5) is 43.1. The van der Waals surface area contributed by atoms with Gasteiger partial charge in [0.1, 0.15) is 29.5 Å². The number of imidazole rings is 1. The molecule has 4 heterocycles. The summed E-state index contributed by atoms with van der Waals surface area (Å²) in [5, 5.41) is 18.6. The first-order valence-electron chi connectivity index (χ1n) is 9.84. The number of aromatic carboxylic acids is 1. The number of ketones is 1. The largest absolute Gasteiger partial charge is 0.487 e. The summed E-state index contributed by atoms with van der Waals surface area (Å²) >= 11 is 0. The molecule has 4 aliphatic rings. The van der Waals surface area contributed by atoms with Crippen LogP contribution in [0.25, 0.3) is 0 Å². The van der Waals surface area contributed by atoms with Crippen molar-refractivity contribution in [1.29, 1.82) is 0 Å². The SMILES string of the molecule is CC1COC2=C3C(CC(F)=C2N2CCn4cc(C(=O)O)nc4C2)C(=O)C(C(=O)O)=CN31. The van der Waals surface area contributed by atoms with Gasteiger partial charge in [0.2, 0.25) is 0 Å². The molecule has 3 aliphatic heterocycles. The van der Waals surface area contributed by atoms with Crippen LogP contribution in [0.4, 0.5) is 4.39 Å². The van der Waals surface area contributed by atoms with E-state index in [0.29, 0.717) is 24.6 Å². The lowest BCUT2D eigenvalue weighted by Gasteiger charge is -2.46. The van der Waals surface area contributed by atoms with Gasteiger partial charge < -0.3 is 29.3 Å². The second kappa shape index (κ2) is 6.69. The van der Waals surface area contributed by atoms with E-state index in [1.165, 1.54) is 12.4 Å². The predicted octanol–water partition coefficient (Wildman–Crippen LogP) is 1.08. The molecular weight excluding hydrogens is 411 g/mol. The molecule has 0 amide bonds. The van der Waals surface area contributed by atoms with Gasteiger partial charge in [0.25, 0.3) is 0 Å². The van der Waals surface area contributed by atoms with E-state index in [0.717, 1.165) is 0 Å². The normalized spacial score (nSPS) is 25.1. The third kappa shape index (κ3) is 2.83. The van der Waals surface area contributed by atoms with Crippen molar-refractivity contribution < 1.29 is 33.7 Å². The van der Waals surface area contributed by atoms with Crippen molar-refractivity contribution in [2.24, 2.45) is 5.92 Å². The zero-order chi connectivity index (χ0) is 22.0. The molecule has 0 saturated carbocycles. The number of aliphatic carboxylic acids is 1. The van der Waals surface area contributed by atoms with Crippen molar-refractivity contribution >= 4 is 17.7 Å². The van der Waals surface area contributed by atoms with E-state index in [1.807, 2.05) is 6.92 Å². The van der Waals surface area contributed by atoms with Crippen LogP contribution in [0, 0.1) is 5.92 Å². The Labute approximate surface area is 175 Å². The number of ether oxygens (including phenoxy) is 1. The highest BCUT2D eigenvalue weighted by molar-refractivity contribution is 6.19. The third-order valence-corrected chi connectivity index (χ3v) is 6.06. The Bertz CT molecular complexity index is 1130. The Balaban J connectivity index is 1.56. The van der Waals surface area contributed by atoms with E-state index in [-0.39, 0.29) is 48.3 Å². The fourth-order valence-electron chi connectivity index (χ4n) is 4.56. The number of carboxylic acid groups (broad SMARTS) is 2. The van der Waals surface area contributed by atoms with Crippen LogP contribution < -0.4 is 0 Å². The Morgan fingerprint density at radius 1 is 1.26 bits per heavy atom. The van der Waals surface area contributed by atoms with Crippen LogP contribution in [0.3, 0.4) is 0 Å². The maximum Gasteiger partial charge on any atom is 0.356 e. The Kier molecular flexibility index (Phi) is 4.17. The minimum absolute atomic E-state index is 0.0739. The number of carbonyl (C=O) groups is 3. The van der Waals surface area contributed by atoms with Crippen molar-refractivity contribution in [2.75, 3.05) is 13.2 Å². The lowest BCUT2D eigenvalue weighted by Crippen LogP contribution is -2.48. The zero-order valence-electron chi connectivity index (χ0n) is 16.5. The number of hydrogen-bond donors (Lipinski definition) is 2. The second-order valence-corrected chi connectivity index (χ2v) is 7.97. The summed E-state index contributed by atoms with van der Waals surface area (Å²) in [6, 6.07) is -0.218. The van der Waals surface area contributed by atoms with Crippen LogP contribution in [0.1, 0.15) is 29.7 Å². The molecule has 0 bridgehead atoms. The highest BCUT2D eigenvalue weighted by Crippen LogP contribution is 2.46. The molecule has 10 nitrogen and oxygen atoms in total. The Hall–Kier alpha value is -3.63. The van der Waals surface area contributed by atoms with Gasteiger partial charge in [-0.15, -0.1) is 0 Å². The number of aromatic nitrogens is 2. The molecule has 1 aromatic rings. The molecule has 0 radical (unpaired) electrons. The molecule has 1 aromatic heterocycles. The van der Waals surface area contributed by atoms with Gasteiger partial charge in [0.15, 0.2) is 17.2 Å². The Morgan fingerprint density at radius 3 is 2.74 bits per heavy atom. The number of fused-ring (bicyclic) bond motifs is 1. The molecule has 1 aliphatic carbocycles. The van der Waals surface area contributed by atoms with Gasteiger partial charge in [-0.25, -0.2) is 19.0 Å². The zero-order valence-corrected chi connectivity index (χ0v) is 16.5. The molecule has 0 saturated heterocycles. The minimum Gasteiger partial charge on any atom is -0.487 e. The molecule has 11 heteroatoms. The Morgan fingerprint density at radius 2 is 2.03 bits per heavy atom. The van der Waals surface area contributed by atoms with E-state index in [4.69, 9.17) is 4.74 Å². The molecule has 31 heavy (non-hydrogen) atoms. The summed E-state index contributed by atoms with van der Waals surface area (Å²) in [7, 11) is 0. The molecule has 5 rings (SSSR count). The van der Waals surface area contributed by atoms with E-state index >= 15 is 4.39 Å².